The van der Waals surface area contributed by atoms with Gasteiger partial charge in [-0.2, -0.15) is 10.1 Å². The molecular formula is C28H32N8O2. The lowest BCUT2D eigenvalue weighted by molar-refractivity contribution is -0.111. The van der Waals surface area contributed by atoms with Crippen molar-refractivity contribution in [3.8, 4) is 5.69 Å². The van der Waals surface area contributed by atoms with Gasteiger partial charge in [-0.15, -0.1) is 0 Å². The molecule has 0 unspecified atom stereocenters. The maximum atomic E-state index is 11.7. The molecule has 5 rings (SSSR count). The lowest BCUT2D eigenvalue weighted by atomic mass is 10.1. The van der Waals surface area contributed by atoms with E-state index in [1.54, 1.807) is 23.1 Å². The Hall–Kier alpha value is -4.28. The Morgan fingerprint density at radius 2 is 1.82 bits per heavy atom. The van der Waals surface area contributed by atoms with Crippen molar-refractivity contribution in [3.05, 3.63) is 73.6 Å². The van der Waals surface area contributed by atoms with Gasteiger partial charge in [0, 0.05) is 56.0 Å². The van der Waals surface area contributed by atoms with Crippen molar-refractivity contribution in [2.24, 2.45) is 0 Å². The molecule has 0 aliphatic carbocycles. The molecule has 2 aromatic carbocycles. The second-order valence-corrected chi connectivity index (χ2v) is 10.0. The average Bonchev–Trinajstić information content (AvgIpc) is 3.32. The van der Waals surface area contributed by atoms with E-state index in [4.69, 9.17) is 4.98 Å². The minimum Gasteiger partial charge on any atom is -0.389 e. The van der Waals surface area contributed by atoms with Crippen LogP contribution in [0.1, 0.15) is 13.8 Å². The summed E-state index contributed by atoms with van der Waals surface area (Å²) in [6.45, 7) is 11.6. The van der Waals surface area contributed by atoms with Crippen LogP contribution in [0.2, 0.25) is 0 Å². The predicted molar refractivity (Wildman–Crippen MR) is 150 cm³/mol. The highest BCUT2D eigenvalue weighted by atomic mass is 16.3. The van der Waals surface area contributed by atoms with Gasteiger partial charge in [0.1, 0.15) is 0 Å². The Morgan fingerprint density at radius 1 is 1.05 bits per heavy atom. The van der Waals surface area contributed by atoms with Gasteiger partial charge in [0.25, 0.3) is 0 Å². The van der Waals surface area contributed by atoms with Crippen LogP contribution in [0.5, 0.6) is 0 Å². The zero-order valence-corrected chi connectivity index (χ0v) is 21.6. The van der Waals surface area contributed by atoms with Gasteiger partial charge in [-0.25, -0.2) is 9.67 Å². The highest BCUT2D eigenvalue weighted by molar-refractivity contribution is 5.99. The quantitative estimate of drug-likeness (QED) is 0.307. The fourth-order valence-electron chi connectivity index (χ4n) is 4.57. The van der Waals surface area contributed by atoms with Gasteiger partial charge >= 0.3 is 0 Å². The number of nitrogens with one attached hydrogen (secondary N) is 2. The first-order valence-electron chi connectivity index (χ1n) is 12.6. The third-order valence-electron chi connectivity index (χ3n) is 6.32. The smallest absolute Gasteiger partial charge is 0.247 e. The zero-order chi connectivity index (χ0) is 26.7. The summed E-state index contributed by atoms with van der Waals surface area (Å²) in [6, 6.07) is 15.6. The Bertz CT molecular complexity index is 1430. The maximum Gasteiger partial charge on any atom is 0.247 e. The van der Waals surface area contributed by atoms with E-state index in [2.05, 4.69) is 49.2 Å². The van der Waals surface area contributed by atoms with E-state index in [1.165, 1.54) is 6.08 Å². The van der Waals surface area contributed by atoms with E-state index >= 15 is 0 Å². The molecular weight excluding hydrogens is 480 g/mol. The highest BCUT2D eigenvalue weighted by Gasteiger charge is 2.22. The lowest BCUT2D eigenvalue weighted by Crippen LogP contribution is -2.50. The van der Waals surface area contributed by atoms with Crippen LogP contribution in [0.3, 0.4) is 0 Å². The summed E-state index contributed by atoms with van der Waals surface area (Å²) in [6.07, 6.45) is 4.68. The number of hydrogen-bond donors (Lipinski definition) is 3. The normalized spacial score (nSPS) is 14.4. The number of benzene rings is 2. The summed E-state index contributed by atoms with van der Waals surface area (Å²) < 4.78 is 1.71. The Balaban J connectivity index is 1.28. The fourth-order valence-corrected chi connectivity index (χ4v) is 4.57. The molecule has 0 spiro atoms. The molecule has 0 saturated carbocycles. The molecule has 1 fully saturated rings. The lowest BCUT2D eigenvalue weighted by Gasteiger charge is -2.38. The van der Waals surface area contributed by atoms with Crippen LogP contribution in [0.25, 0.3) is 16.7 Å². The summed E-state index contributed by atoms with van der Waals surface area (Å²) in [5.41, 5.74) is 3.42. The zero-order valence-electron chi connectivity index (χ0n) is 21.6. The molecule has 0 atom stereocenters. The number of hydrogen-bond acceptors (Lipinski definition) is 8. The molecule has 3 heterocycles. The number of β-amino-alcohol motifs (C(OH)–C–C–N with tert-alkyl or cyclic N) is 1. The van der Waals surface area contributed by atoms with Crippen LogP contribution in [0, 0.1) is 0 Å². The molecule has 3 N–H and O–H groups in total. The van der Waals surface area contributed by atoms with E-state index in [0.29, 0.717) is 23.8 Å². The van der Waals surface area contributed by atoms with Crippen molar-refractivity contribution in [1.82, 2.24) is 24.6 Å². The van der Waals surface area contributed by atoms with Gasteiger partial charge in [0.2, 0.25) is 11.9 Å². The summed E-state index contributed by atoms with van der Waals surface area (Å²) in [5.74, 6) is 0.184. The fraction of sp³-hybridized carbons (Fsp3) is 0.286. The second-order valence-electron chi connectivity index (χ2n) is 10.0. The van der Waals surface area contributed by atoms with E-state index in [1.807, 2.05) is 44.2 Å². The highest BCUT2D eigenvalue weighted by Crippen LogP contribution is 2.24. The van der Waals surface area contributed by atoms with Crippen molar-refractivity contribution >= 4 is 40.0 Å². The standard InChI is InChI=1S/C28H32N8O2/c1-4-25(37)31-22-6-5-7-24(16-22)36-26-20(18-30-36)17-29-27(33-26)32-21-8-10-23(11-9-21)35-14-12-34(13-15-35)19-28(2,3)38/h4-11,16-18,38H,1,12-15,19H2,2-3H3,(H,31,37)(H,29,32,33). The number of amides is 1. The first-order valence-corrected chi connectivity index (χ1v) is 12.6. The summed E-state index contributed by atoms with van der Waals surface area (Å²) in [5, 5.41) is 21.4. The number of rotatable bonds is 8. The number of aromatic nitrogens is 4. The first kappa shape index (κ1) is 25.4. The summed E-state index contributed by atoms with van der Waals surface area (Å²) >= 11 is 0. The van der Waals surface area contributed by atoms with E-state index in [-0.39, 0.29) is 5.91 Å². The van der Waals surface area contributed by atoms with Gasteiger partial charge in [0.05, 0.1) is 22.9 Å². The average molecular weight is 513 g/mol. The largest absolute Gasteiger partial charge is 0.389 e. The molecule has 10 heteroatoms. The predicted octanol–water partition coefficient (Wildman–Crippen LogP) is 3.58. The van der Waals surface area contributed by atoms with Crippen LogP contribution in [-0.2, 0) is 4.79 Å². The van der Waals surface area contributed by atoms with E-state index < -0.39 is 5.60 Å². The van der Waals surface area contributed by atoms with Gasteiger partial charge in [-0.3, -0.25) is 9.69 Å². The molecule has 1 aliphatic rings. The van der Waals surface area contributed by atoms with Crippen molar-refractivity contribution in [2.75, 3.05) is 48.3 Å². The Kier molecular flexibility index (Phi) is 7.08. The molecule has 0 bridgehead atoms. The summed E-state index contributed by atoms with van der Waals surface area (Å²) in [7, 11) is 0. The van der Waals surface area contributed by atoms with Crippen LogP contribution < -0.4 is 15.5 Å². The van der Waals surface area contributed by atoms with Crippen molar-refractivity contribution < 1.29 is 9.90 Å². The Labute approximate surface area is 221 Å². The van der Waals surface area contributed by atoms with Gasteiger partial charge < -0.3 is 20.6 Å². The SMILES string of the molecule is C=CC(=O)Nc1cccc(-n2ncc3cnc(Nc4ccc(N5CCN(CC(C)(C)O)CC5)cc4)nc32)c1. The van der Waals surface area contributed by atoms with E-state index in [9.17, 15) is 9.90 Å². The van der Waals surface area contributed by atoms with Crippen LogP contribution in [0.15, 0.2) is 73.6 Å². The molecule has 1 amide bonds. The van der Waals surface area contributed by atoms with Crippen molar-refractivity contribution in [2.45, 2.75) is 19.4 Å². The monoisotopic (exact) mass is 512 g/mol. The van der Waals surface area contributed by atoms with Crippen LogP contribution >= 0.6 is 0 Å². The van der Waals surface area contributed by atoms with E-state index in [0.717, 1.165) is 48.6 Å². The minimum atomic E-state index is -0.675. The van der Waals surface area contributed by atoms with Gasteiger partial charge in [-0.05, 0) is 62.4 Å². The van der Waals surface area contributed by atoms with Crippen molar-refractivity contribution in [1.29, 1.82) is 0 Å². The molecule has 38 heavy (non-hydrogen) atoms. The molecule has 196 valence electrons. The molecule has 2 aromatic heterocycles. The Morgan fingerprint density at radius 3 is 2.53 bits per heavy atom. The number of carbonyl (C=O) groups excluding carboxylic acids is 1. The first-order chi connectivity index (χ1) is 18.3. The third-order valence-corrected chi connectivity index (χ3v) is 6.32. The number of aliphatic hydroxyl groups is 1. The number of fused-ring (bicyclic) bond motifs is 1. The number of anilines is 4. The van der Waals surface area contributed by atoms with Gasteiger partial charge in [0.15, 0.2) is 5.65 Å². The number of piperazine rings is 1. The molecule has 10 nitrogen and oxygen atoms in total. The molecule has 1 saturated heterocycles. The molecule has 0 radical (unpaired) electrons. The summed E-state index contributed by atoms with van der Waals surface area (Å²) in [4.78, 5) is 25.5. The third kappa shape index (κ3) is 5.99. The minimum absolute atomic E-state index is 0.277. The maximum absolute atomic E-state index is 11.7. The van der Waals surface area contributed by atoms with Crippen LogP contribution in [0.4, 0.5) is 23.0 Å². The molecule has 1 aliphatic heterocycles. The second kappa shape index (κ2) is 10.6. The molecule has 4 aromatic rings. The number of carbonyl (C=O) groups is 1. The number of nitrogens with zero attached hydrogens (tertiary/aromatic N) is 6. The van der Waals surface area contributed by atoms with Gasteiger partial charge in [-0.1, -0.05) is 12.6 Å². The van der Waals surface area contributed by atoms with Crippen LogP contribution in [-0.4, -0.2) is 74.0 Å². The van der Waals surface area contributed by atoms with Crippen molar-refractivity contribution in [3.63, 3.8) is 0 Å². The topological polar surface area (TPSA) is 111 Å².